The van der Waals surface area contributed by atoms with Crippen molar-refractivity contribution in [2.45, 2.75) is 12.5 Å². The fourth-order valence-corrected chi connectivity index (χ4v) is 4.06. The van der Waals surface area contributed by atoms with Crippen molar-refractivity contribution < 1.29 is 4.39 Å². The summed E-state index contributed by atoms with van der Waals surface area (Å²) in [5.74, 6) is 0.667. The number of imidazole rings is 1. The quantitative estimate of drug-likeness (QED) is 0.338. The Bertz CT molecular complexity index is 1240. The number of nitrogens with zero attached hydrogens (tertiary/aromatic N) is 2. The van der Waals surface area contributed by atoms with Crippen molar-refractivity contribution in [2.75, 3.05) is 0 Å². The molecule has 0 amide bonds. The molecule has 1 aromatic heterocycles. The number of para-hydroxylation sites is 2. The highest BCUT2D eigenvalue weighted by atomic mass is 19.1. The minimum Gasteiger partial charge on any atom is -0.323 e. The van der Waals surface area contributed by atoms with Gasteiger partial charge in [-0.2, -0.15) is 0 Å². The Kier molecular flexibility index (Phi) is 4.86. The highest BCUT2D eigenvalue weighted by Gasteiger charge is 2.24. The van der Waals surface area contributed by atoms with E-state index in [2.05, 4.69) is 59.2 Å². The monoisotopic (exact) mass is 392 g/mol. The molecule has 3 heteroatoms. The summed E-state index contributed by atoms with van der Waals surface area (Å²) in [7, 11) is 0. The first kappa shape index (κ1) is 18.3. The maximum atomic E-state index is 14.5. The Morgan fingerprint density at radius 1 is 0.667 bits per heavy atom. The Labute approximate surface area is 175 Å². The van der Waals surface area contributed by atoms with E-state index in [-0.39, 0.29) is 11.7 Å². The summed E-state index contributed by atoms with van der Waals surface area (Å²) in [5, 5.41) is 0. The predicted molar refractivity (Wildman–Crippen MR) is 119 cm³/mol. The molecule has 0 N–H and O–H groups in total. The first-order valence-corrected chi connectivity index (χ1v) is 10.1. The van der Waals surface area contributed by atoms with Crippen LogP contribution in [-0.4, -0.2) is 9.55 Å². The molecule has 0 radical (unpaired) electrons. The molecule has 0 unspecified atom stereocenters. The van der Waals surface area contributed by atoms with E-state index in [1.165, 1.54) is 6.07 Å². The maximum Gasteiger partial charge on any atom is 0.128 e. The Hall–Kier alpha value is -3.72. The normalized spacial score (nSPS) is 11.3. The van der Waals surface area contributed by atoms with Crippen LogP contribution >= 0.6 is 0 Å². The van der Waals surface area contributed by atoms with Gasteiger partial charge in [0.1, 0.15) is 11.6 Å². The van der Waals surface area contributed by atoms with Gasteiger partial charge in [-0.3, -0.25) is 0 Å². The van der Waals surface area contributed by atoms with Crippen molar-refractivity contribution in [3.05, 3.63) is 138 Å². The summed E-state index contributed by atoms with van der Waals surface area (Å²) in [6.45, 7) is 0.429. The molecule has 146 valence electrons. The lowest BCUT2D eigenvalue weighted by molar-refractivity contribution is 0.596. The fraction of sp³-hybridized carbons (Fsp3) is 0.0741. The van der Waals surface area contributed by atoms with Crippen molar-refractivity contribution in [3.8, 4) is 0 Å². The zero-order valence-electron chi connectivity index (χ0n) is 16.4. The molecule has 0 saturated carbocycles. The molecule has 0 bridgehead atoms. The smallest absolute Gasteiger partial charge is 0.128 e. The molecular formula is C27H21FN2. The van der Waals surface area contributed by atoms with E-state index in [9.17, 15) is 4.39 Å². The summed E-state index contributed by atoms with van der Waals surface area (Å²) in [5.41, 5.74) is 4.90. The molecule has 2 nitrogen and oxygen atoms in total. The van der Waals surface area contributed by atoms with Crippen LogP contribution in [0.2, 0.25) is 0 Å². The Balaban J connectivity index is 1.75. The van der Waals surface area contributed by atoms with Crippen LogP contribution in [0.5, 0.6) is 0 Å². The number of aromatic nitrogens is 2. The predicted octanol–water partition coefficient (Wildman–Crippen LogP) is 6.40. The van der Waals surface area contributed by atoms with Crippen LogP contribution < -0.4 is 0 Å². The zero-order valence-corrected chi connectivity index (χ0v) is 16.4. The second-order valence-corrected chi connectivity index (χ2v) is 7.39. The minimum atomic E-state index is -0.197. The number of halogens is 1. The highest BCUT2D eigenvalue weighted by Crippen LogP contribution is 2.34. The van der Waals surface area contributed by atoms with Crippen LogP contribution in [0.4, 0.5) is 4.39 Å². The third kappa shape index (κ3) is 3.39. The highest BCUT2D eigenvalue weighted by molar-refractivity contribution is 5.76. The van der Waals surface area contributed by atoms with Gasteiger partial charge in [-0.05, 0) is 29.3 Å². The molecule has 0 spiro atoms. The standard InChI is InChI=1S/C27H21FN2/c28-23-16-8-7-15-22(23)19-30-25-18-10-9-17-24(25)29-27(30)26(20-11-3-1-4-12-20)21-13-5-2-6-14-21/h1-18,26H,19H2. The average Bonchev–Trinajstić information content (AvgIpc) is 3.15. The van der Waals surface area contributed by atoms with Gasteiger partial charge in [0.2, 0.25) is 0 Å². The van der Waals surface area contributed by atoms with E-state index in [4.69, 9.17) is 4.98 Å². The van der Waals surface area contributed by atoms with E-state index in [1.807, 2.05) is 42.5 Å². The molecule has 0 saturated heterocycles. The lowest BCUT2D eigenvalue weighted by Crippen LogP contribution is -2.13. The van der Waals surface area contributed by atoms with Gasteiger partial charge in [0.25, 0.3) is 0 Å². The lowest BCUT2D eigenvalue weighted by atomic mass is 9.90. The summed E-state index contributed by atoms with van der Waals surface area (Å²) in [6, 6.07) is 35.8. The Morgan fingerprint density at radius 3 is 1.90 bits per heavy atom. The lowest BCUT2D eigenvalue weighted by Gasteiger charge is -2.20. The van der Waals surface area contributed by atoms with Gasteiger partial charge in [0.15, 0.2) is 0 Å². The van der Waals surface area contributed by atoms with Crippen LogP contribution in [0, 0.1) is 5.82 Å². The largest absolute Gasteiger partial charge is 0.323 e. The van der Waals surface area contributed by atoms with Gasteiger partial charge in [0, 0.05) is 5.56 Å². The van der Waals surface area contributed by atoms with Gasteiger partial charge in [-0.25, -0.2) is 9.37 Å². The van der Waals surface area contributed by atoms with Gasteiger partial charge in [0.05, 0.1) is 23.5 Å². The van der Waals surface area contributed by atoms with Gasteiger partial charge < -0.3 is 4.57 Å². The summed E-state index contributed by atoms with van der Waals surface area (Å²) in [4.78, 5) is 5.03. The van der Waals surface area contributed by atoms with Gasteiger partial charge in [-0.1, -0.05) is 91.0 Å². The van der Waals surface area contributed by atoms with E-state index in [1.54, 1.807) is 6.07 Å². The molecule has 0 atom stereocenters. The fourth-order valence-electron chi connectivity index (χ4n) is 4.06. The molecule has 30 heavy (non-hydrogen) atoms. The molecule has 0 aliphatic carbocycles. The average molecular weight is 392 g/mol. The summed E-state index contributed by atoms with van der Waals surface area (Å²) < 4.78 is 16.7. The molecule has 5 rings (SSSR count). The maximum absolute atomic E-state index is 14.5. The van der Waals surface area contributed by atoms with Gasteiger partial charge in [-0.15, -0.1) is 0 Å². The Morgan fingerprint density at radius 2 is 1.23 bits per heavy atom. The summed E-state index contributed by atoms with van der Waals surface area (Å²) >= 11 is 0. The van der Waals surface area contributed by atoms with Crippen LogP contribution in [0.25, 0.3) is 11.0 Å². The molecule has 4 aromatic carbocycles. The number of rotatable bonds is 5. The molecule has 0 aliphatic heterocycles. The van der Waals surface area contributed by atoms with Crippen molar-refractivity contribution in [1.82, 2.24) is 9.55 Å². The number of benzene rings is 4. The minimum absolute atomic E-state index is 0.0495. The van der Waals surface area contributed by atoms with Crippen LogP contribution in [0.15, 0.2) is 109 Å². The third-order valence-electron chi connectivity index (χ3n) is 5.49. The van der Waals surface area contributed by atoms with Crippen molar-refractivity contribution in [2.24, 2.45) is 0 Å². The van der Waals surface area contributed by atoms with Crippen LogP contribution in [0.3, 0.4) is 0 Å². The SMILES string of the molecule is Fc1ccccc1Cn1c(C(c2ccccc2)c2ccccc2)nc2ccccc21. The first-order valence-electron chi connectivity index (χ1n) is 10.1. The van der Waals surface area contributed by atoms with Crippen molar-refractivity contribution in [1.29, 1.82) is 0 Å². The van der Waals surface area contributed by atoms with Crippen LogP contribution in [0.1, 0.15) is 28.4 Å². The molecule has 0 aliphatic rings. The number of hydrogen-bond acceptors (Lipinski definition) is 1. The van der Waals surface area contributed by atoms with Crippen molar-refractivity contribution in [3.63, 3.8) is 0 Å². The van der Waals surface area contributed by atoms with E-state index >= 15 is 0 Å². The van der Waals surface area contributed by atoms with Crippen LogP contribution in [-0.2, 0) is 6.54 Å². The second kappa shape index (κ2) is 7.96. The summed E-state index contributed by atoms with van der Waals surface area (Å²) in [6.07, 6.45) is 0. The van der Waals surface area contributed by atoms with E-state index in [0.717, 1.165) is 28.0 Å². The number of fused-ring (bicyclic) bond motifs is 1. The number of hydrogen-bond donors (Lipinski definition) is 0. The van der Waals surface area contributed by atoms with Crippen molar-refractivity contribution >= 4 is 11.0 Å². The van der Waals surface area contributed by atoms with E-state index in [0.29, 0.717) is 12.1 Å². The molecule has 5 aromatic rings. The molecule has 1 heterocycles. The molecule has 0 fully saturated rings. The molecular weight excluding hydrogens is 371 g/mol. The first-order chi connectivity index (χ1) is 14.8. The second-order valence-electron chi connectivity index (χ2n) is 7.39. The topological polar surface area (TPSA) is 17.8 Å². The van der Waals surface area contributed by atoms with E-state index < -0.39 is 0 Å². The van der Waals surface area contributed by atoms with Gasteiger partial charge >= 0.3 is 0 Å². The zero-order chi connectivity index (χ0) is 20.3. The third-order valence-corrected chi connectivity index (χ3v) is 5.49.